The van der Waals surface area contributed by atoms with E-state index in [1.807, 2.05) is 37.3 Å². The van der Waals surface area contributed by atoms with Crippen LogP contribution in [0.25, 0.3) is 10.8 Å². The van der Waals surface area contributed by atoms with Crippen LogP contribution in [0.15, 0.2) is 90.0 Å². The summed E-state index contributed by atoms with van der Waals surface area (Å²) in [7, 11) is 1.50. The molecule has 0 heterocycles. The molecular formula is C28H24N2O5. The summed E-state index contributed by atoms with van der Waals surface area (Å²) < 4.78 is 16.4. The van der Waals surface area contributed by atoms with Crippen LogP contribution < -0.4 is 19.6 Å². The van der Waals surface area contributed by atoms with E-state index in [0.29, 0.717) is 40.5 Å². The Bertz CT molecular complexity index is 1380. The third-order valence-corrected chi connectivity index (χ3v) is 5.25. The van der Waals surface area contributed by atoms with Crippen LogP contribution >= 0.6 is 0 Å². The number of nitrogens with one attached hydrogen (secondary N) is 1. The third-order valence-electron chi connectivity index (χ3n) is 5.25. The fourth-order valence-electron chi connectivity index (χ4n) is 3.56. The summed E-state index contributed by atoms with van der Waals surface area (Å²) in [5, 5.41) is 5.88. The lowest BCUT2D eigenvalue weighted by Gasteiger charge is -2.11. The number of rotatable bonds is 8. The first-order chi connectivity index (χ1) is 17.1. The molecule has 4 rings (SSSR count). The Kier molecular flexibility index (Phi) is 7.37. The molecule has 0 fully saturated rings. The molecule has 35 heavy (non-hydrogen) atoms. The molecule has 0 bridgehead atoms. The highest BCUT2D eigenvalue weighted by molar-refractivity contribution is 6.04. The molecule has 0 saturated carbocycles. The van der Waals surface area contributed by atoms with Gasteiger partial charge in [-0.15, -0.1) is 0 Å². The van der Waals surface area contributed by atoms with Gasteiger partial charge in [0.2, 0.25) is 0 Å². The number of ether oxygens (including phenoxy) is 3. The molecule has 0 spiro atoms. The average molecular weight is 469 g/mol. The van der Waals surface area contributed by atoms with E-state index in [1.165, 1.54) is 13.3 Å². The number of nitrogens with zero attached hydrogens (tertiary/aromatic N) is 1. The summed E-state index contributed by atoms with van der Waals surface area (Å²) in [5.41, 5.74) is 3.81. The van der Waals surface area contributed by atoms with Crippen molar-refractivity contribution in [2.75, 3.05) is 13.7 Å². The third kappa shape index (κ3) is 5.47. The Morgan fingerprint density at radius 2 is 1.63 bits per heavy atom. The van der Waals surface area contributed by atoms with E-state index >= 15 is 0 Å². The van der Waals surface area contributed by atoms with E-state index in [1.54, 1.807) is 54.6 Å². The van der Waals surface area contributed by atoms with Gasteiger partial charge in [-0.25, -0.2) is 10.2 Å². The maximum atomic E-state index is 12.8. The molecule has 1 amide bonds. The topological polar surface area (TPSA) is 86.2 Å². The number of hydrogen-bond donors (Lipinski definition) is 1. The van der Waals surface area contributed by atoms with Crippen LogP contribution in [0.2, 0.25) is 0 Å². The number of carbonyl (C=O) groups is 2. The lowest BCUT2D eigenvalue weighted by molar-refractivity contribution is 0.0734. The van der Waals surface area contributed by atoms with Gasteiger partial charge in [-0.3, -0.25) is 4.79 Å². The van der Waals surface area contributed by atoms with Gasteiger partial charge in [0.15, 0.2) is 0 Å². The van der Waals surface area contributed by atoms with Crippen molar-refractivity contribution in [3.8, 4) is 17.2 Å². The highest BCUT2D eigenvalue weighted by Gasteiger charge is 2.15. The van der Waals surface area contributed by atoms with Crippen LogP contribution in [-0.4, -0.2) is 31.8 Å². The Hall–Kier alpha value is -4.65. The molecule has 0 unspecified atom stereocenters. The van der Waals surface area contributed by atoms with Gasteiger partial charge >= 0.3 is 5.97 Å². The molecule has 0 aliphatic heterocycles. The van der Waals surface area contributed by atoms with Crippen molar-refractivity contribution >= 4 is 28.9 Å². The predicted octanol–water partition coefficient (Wildman–Crippen LogP) is 5.23. The normalized spacial score (nSPS) is 10.8. The van der Waals surface area contributed by atoms with E-state index in [0.717, 1.165) is 10.8 Å². The maximum absolute atomic E-state index is 12.8. The molecule has 4 aromatic carbocycles. The molecular weight excluding hydrogens is 444 g/mol. The van der Waals surface area contributed by atoms with Crippen molar-refractivity contribution in [2.45, 2.75) is 6.92 Å². The number of methoxy groups -OCH3 is 1. The molecule has 0 radical (unpaired) electrons. The smallest absolute Gasteiger partial charge is 0.343 e. The Morgan fingerprint density at radius 3 is 2.40 bits per heavy atom. The second-order valence-electron chi connectivity index (χ2n) is 7.44. The van der Waals surface area contributed by atoms with E-state index in [9.17, 15) is 9.59 Å². The number of amides is 1. The summed E-state index contributed by atoms with van der Waals surface area (Å²) in [4.78, 5) is 25.4. The lowest BCUT2D eigenvalue weighted by Crippen LogP contribution is -2.18. The van der Waals surface area contributed by atoms with Crippen LogP contribution in [0.3, 0.4) is 0 Å². The van der Waals surface area contributed by atoms with Gasteiger partial charge in [0.1, 0.15) is 17.2 Å². The zero-order chi connectivity index (χ0) is 24.6. The van der Waals surface area contributed by atoms with E-state index in [2.05, 4.69) is 10.5 Å². The predicted molar refractivity (Wildman–Crippen MR) is 135 cm³/mol. The molecule has 1 N–H and O–H groups in total. The van der Waals surface area contributed by atoms with Gasteiger partial charge in [0, 0.05) is 5.56 Å². The number of benzene rings is 4. The monoisotopic (exact) mass is 468 g/mol. The summed E-state index contributed by atoms with van der Waals surface area (Å²) in [6, 6.07) is 24.8. The first-order valence-corrected chi connectivity index (χ1v) is 11.0. The van der Waals surface area contributed by atoms with Gasteiger partial charge in [-0.05, 0) is 60.2 Å². The van der Waals surface area contributed by atoms with Crippen molar-refractivity contribution in [3.05, 3.63) is 102 Å². The number of para-hydroxylation sites is 1. The lowest BCUT2D eigenvalue weighted by atomic mass is 10.0. The average Bonchev–Trinajstić information content (AvgIpc) is 2.90. The summed E-state index contributed by atoms with van der Waals surface area (Å²) in [6.07, 6.45) is 1.47. The van der Waals surface area contributed by atoms with Gasteiger partial charge < -0.3 is 14.2 Å². The Labute approximate surface area is 202 Å². The standard InChI is InChI=1S/C28H24N2O5/c1-3-34-21-15-12-20(13-16-21)28(32)35-26-17-14-19-8-4-5-9-22(19)24(26)18-29-30-27(31)23-10-6-7-11-25(23)33-2/h4-18H,3H2,1-2H3,(H,30,31)/b29-18+. The minimum absolute atomic E-state index is 0.317. The first kappa shape index (κ1) is 23.5. The van der Waals surface area contributed by atoms with Crippen LogP contribution in [0.1, 0.15) is 33.2 Å². The molecule has 0 atom stereocenters. The van der Waals surface area contributed by atoms with Gasteiger partial charge in [0.25, 0.3) is 5.91 Å². The largest absolute Gasteiger partial charge is 0.496 e. The van der Waals surface area contributed by atoms with E-state index < -0.39 is 11.9 Å². The maximum Gasteiger partial charge on any atom is 0.343 e. The Morgan fingerprint density at radius 1 is 0.886 bits per heavy atom. The quantitative estimate of drug-likeness (QED) is 0.166. The number of hydrogen-bond acceptors (Lipinski definition) is 6. The molecule has 0 aliphatic carbocycles. The minimum Gasteiger partial charge on any atom is -0.496 e. The van der Waals surface area contributed by atoms with Crippen molar-refractivity contribution < 1.29 is 23.8 Å². The van der Waals surface area contributed by atoms with Crippen molar-refractivity contribution in [1.82, 2.24) is 5.43 Å². The highest BCUT2D eigenvalue weighted by Crippen LogP contribution is 2.28. The van der Waals surface area contributed by atoms with Gasteiger partial charge in [-0.1, -0.05) is 42.5 Å². The number of hydrazone groups is 1. The fraction of sp³-hybridized carbons (Fsp3) is 0.107. The zero-order valence-corrected chi connectivity index (χ0v) is 19.4. The first-order valence-electron chi connectivity index (χ1n) is 11.0. The SMILES string of the molecule is CCOc1ccc(C(=O)Oc2ccc3ccccc3c2/C=N/NC(=O)c2ccccc2OC)cc1. The number of carbonyl (C=O) groups excluding carboxylic acids is 2. The molecule has 0 saturated heterocycles. The summed E-state index contributed by atoms with van der Waals surface area (Å²) >= 11 is 0. The highest BCUT2D eigenvalue weighted by atomic mass is 16.5. The second kappa shape index (κ2) is 11.0. The fourth-order valence-corrected chi connectivity index (χ4v) is 3.56. The molecule has 7 nitrogen and oxygen atoms in total. The van der Waals surface area contributed by atoms with E-state index in [-0.39, 0.29) is 0 Å². The van der Waals surface area contributed by atoms with Gasteiger partial charge in [-0.2, -0.15) is 5.10 Å². The minimum atomic E-state index is -0.518. The van der Waals surface area contributed by atoms with Crippen LogP contribution in [-0.2, 0) is 0 Å². The van der Waals surface area contributed by atoms with Crippen LogP contribution in [0.5, 0.6) is 17.2 Å². The van der Waals surface area contributed by atoms with E-state index in [4.69, 9.17) is 14.2 Å². The van der Waals surface area contributed by atoms with Crippen molar-refractivity contribution in [2.24, 2.45) is 5.10 Å². The molecule has 4 aromatic rings. The van der Waals surface area contributed by atoms with Crippen molar-refractivity contribution in [1.29, 1.82) is 0 Å². The van der Waals surface area contributed by atoms with Gasteiger partial charge in [0.05, 0.1) is 31.1 Å². The number of esters is 1. The second-order valence-corrected chi connectivity index (χ2v) is 7.44. The molecule has 176 valence electrons. The van der Waals surface area contributed by atoms with Crippen LogP contribution in [0.4, 0.5) is 0 Å². The molecule has 0 aliphatic rings. The summed E-state index contributed by atoms with van der Waals surface area (Å²) in [6.45, 7) is 2.43. The molecule has 7 heteroatoms. The molecule has 0 aromatic heterocycles. The van der Waals surface area contributed by atoms with Crippen LogP contribution in [0, 0.1) is 0 Å². The summed E-state index contributed by atoms with van der Waals surface area (Å²) in [5.74, 6) is 0.490. The van der Waals surface area contributed by atoms with Crippen molar-refractivity contribution in [3.63, 3.8) is 0 Å². The zero-order valence-electron chi connectivity index (χ0n) is 19.4. The Balaban J connectivity index is 1.60. The number of fused-ring (bicyclic) bond motifs is 1.